The first-order chi connectivity index (χ1) is 6.24. The molecule has 1 aromatic rings. The van der Waals surface area contributed by atoms with Crippen LogP contribution in [0.25, 0.3) is 0 Å². The summed E-state index contributed by atoms with van der Waals surface area (Å²) in [6, 6.07) is 5.19. The van der Waals surface area contributed by atoms with Gasteiger partial charge in [-0.1, -0.05) is 0 Å². The van der Waals surface area contributed by atoms with Crippen molar-refractivity contribution in [1.29, 1.82) is 5.26 Å². The molecule has 0 bridgehead atoms. The Morgan fingerprint density at radius 1 is 1.23 bits per heavy atom. The van der Waals surface area contributed by atoms with Gasteiger partial charge < -0.3 is 15.2 Å². The molecule has 0 fully saturated rings. The largest absolute Gasteiger partial charge is 0.491 e. The van der Waals surface area contributed by atoms with E-state index in [2.05, 4.69) is 0 Å². The molecule has 0 aliphatic rings. The van der Waals surface area contributed by atoms with Crippen LogP contribution in [0, 0.1) is 11.3 Å². The molecule has 4 nitrogen and oxygen atoms in total. The number of rotatable bonds is 2. The molecule has 0 aliphatic carbocycles. The van der Waals surface area contributed by atoms with E-state index in [-0.39, 0.29) is 0 Å². The van der Waals surface area contributed by atoms with Crippen molar-refractivity contribution in [2.24, 2.45) is 0 Å². The highest BCUT2D eigenvalue weighted by molar-refractivity contribution is 5.65. The second-order valence-corrected chi connectivity index (χ2v) is 2.38. The van der Waals surface area contributed by atoms with E-state index in [0.717, 1.165) is 0 Å². The molecular formula is C9H10N2O2. The van der Waals surface area contributed by atoms with Crippen molar-refractivity contribution < 1.29 is 9.47 Å². The van der Waals surface area contributed by atoms with Gasteiger partial charge in [-0.25, -0.2) is 0 Å². The van der Waals surface area contributed by atoms with Gasteiger partial charge in [-0.2, -0.15) is 5.26 Å². The van der Waals surface area contributed by atoms with E-state index < -0.39 is 0 Å². The van der Waals surface area contributed by atoms with Crippen molar-refractivity contribution in [3.8, 4) is 17.6 Å². The van der Waals surface area contributed by atoms with E-state index in [1.54, 1.807) is 12.1 Å². The lowest BCUT2D eigenvalue weighted by Crippen LogP contribution is -1.97. The van der Waals surface area contributed by atoms with Crippen molar-refractivity contribution in [3.05, 3.63) is 17.7 Å². The molecule has 68 valence electrons. The number of nitrogens with two attached hydrogens (primary N) is 1. The third kappa shape index (κ3) is 1.49. The van der Waals surface area contributed by atoms with Crippen LogP contribution >= 0.6 is 0 Å². The van der Waals surface area contributed by atoms with E-state index >= 15 is 0 Å². The predicted octanol–water partition coefficient (Wildman–Crippen LogP) is 1.16. The molecule has 0 unspecified atom stereocenters. The fourth-order valence-corrected chi connectivity index (χ4v) is 1.08. The molecular weight excluding hydrogens is 168 g/mol. The molecule has 2 N–H and O–H groups in total. The molecule has 0 aliphatic heterocycles. The van der Waals surface area contributed by atoms with Crippen LogP contribution in [0.2, 0.25) is 0 Å². The Bertz CT molecular complexity index is 355. The van der Waals surface area contributed by atoms with Gasteiger partial charge in [0.1, 0.15) is 6.07 Å². The Labute approximate surface area is 76.5 Å². The maximum Gasteiger partial charge on any atom is 0.185 e. The van der Waals surface area contributed by atoms with Crippen LogP contribution in [0.5, 0.6) is 11.5 Å². The van der Waals surface area contributed by atoms with Gasteiger partial charge in [-0.05, 0) is 12.1 Å². The molecule has 4 heteroatoms. The van der Waals surface area contributed by atoms with E-state index in [1.165, 1.54) is 14.2 Å². The smallest absolute Gasteiger partial charge is 0.185 e. The number of methoxy groups -OCH3 is 2. The quantitative estimate of drug-likeness (QED) is 0.690. The molecule has 0 aromatic heterocycles. The standard InChI is InChI=1S/C9H10N2O2/c1-12-8-6(5-10)3-4-7(11)9(8)13-2/h3-4H,11H2,1-2H3. The maximum absolute atomic E-state index is 8.73. The summed E-state index contributed by atoms with van der Waals surface area (Å²) < 4.78 is 10.0. The van der Waals surface area contributed by atoms with Crippen molar-refractivity contribution in [3.63, 3.8) is 0 Å². The van der Waals surface area contributed by atoms with Gasteiger partial charge in [0.2, 0.25) is 0 Å². The first-order valence-electron chi connectivity index (χ1n) is 3.65. The van der Waals surface area contributed by atoms with Crippen molar-refractivity contribution in [1.82, 2.24) is 0 Å². The zero-order chi connectivity index (χ0) is 9.84. The molecule has 0 radical (unpaired) electrons. The van der Waals surface area contributed by atoms with E-state index in [9.17, 15) is 0 Å². The lowest BCUT2D eigenvalue weighted by Gasteiger charge is -2.10. The number of hydrogen-bond acceptors (Lipinski definition) is 4. The summed E-state index contributed by atoms with van der Waals surface area (Å²) >= 11 is 0. The van der Waals surface area contributed by atoms with Gasteiger partial charge >= 0.3 is 0 Å². The average Bonchev–Trinajstić information content (AvgIpc) is 2.17. The van der Waals surface area contributed by atoms with Crippen LogP contribution in [0.1, 0.15) is 5.56 Å². The second-order valence-electron chi connectivity index (χ2n) is 2.38. The maximum atomic E-state index is 8.73. The van der Waals surface area contributed by atoms with Gasteiger partial charge in [0, 0.05) is 0 Å². The summed E-state index contributed by atoms with van der Waals surface area (Å²) in [6.07, 6.45) is 0. The Morgan fingerprint density at radius 3 is 2.31 bits per heavy atom. The Kier molecular flexibility index (Phi) is 2.60. The lowest BCUT2D eigenvalue weighted by atomic mass is 10.2. The molecule has 0 saturated carbocycles. The highest BCUT2D eigenvalue weighted by Crippen LogP contribution is 2.35. The SMILES string of the molecule is COc1c(N)ccc(C#N)c1OC. The summed E-state index contributed by atoms with van der Waals surface area (Å²) in [4.78, 5) is 0. The van der Waals surface area contributed by atoms with Crippen LogP contribution in [0.4, 0.5) is 5.69 Å². The van der Waals surface area contributed by atoms with Crippen LogP contribution in [0.3, 0.4) is 0 Å². The average molecular weight is 178 g/mol. The third-order valence-corrected chi connectivity index (χ3v) is 1.67. The molecule has 1 aromatic carbocycles. The minimum absolute atomic E-state index is 0.380. The fraction of sp³-hybridized carbons (Fsp3) is 0.222. The number of nitrogens with zero attached hydrogens (tertiary/aromatic N) is 1. The van der Waals surface area contributed by atoms with Crippen LogP contribution < -0.4 is 15.2 Å². The highest BCUT2D eigenvalue weighted by Gasteiger charge is 2.12. The molecule has 0 atom stereocenters. The van der Waals surface area contributed by atoms with Crippen molar-refractivity contribution >= 4 is 5.69 Å². The molecule has 1 rings (SSSR count). The van der Waals surface area contributed by atoms with Gasteiger partial charge in [-0.3, -0.25) is 0 Å². The number of nitriles is 1. The predicted molar refractivity (Wildman–Crippen MR) is 48.7 cm³/mol. The first kappa shape index (κ1) is 9.20. The monoisotopic (exact) mass is 178 g/mol. The fourth-order valence-electron chi connectivity index (χ4n) is 1.08. The van der Waals surface area contributed by atoms with Crippen molar-refractivity contribution in [2.75, 3.05) is 20.0 Å². The Hall–Kier alpha value is -1.89. The summed E-state index contributed by atoms with van der Waals surface area (Å²) in [5, 5.41) is 8.73. The normalized spacial score (nSPS) is 9.00. The Morgan fingerprint density at radius 2 is 1.85 bits per heavy atom. The van der Waals surface area contributed by atoms with Crippen molar-refractivity contribution in [2.45, 2.75) is 0 Å². The van der Waals surface area contributed by atoms with Crippen LogP contribution in [0.15, 0.2) is 12.1 Å². The second kappa shape index (κ2) is 3.68. The number of anilines is 1. The summed E-state index contributed by atoms with van der Waals surface area (Å²) in [5.41, 5.74) is 6.48. The zero-order valence-corrected chi connectivity index (χ0v) is 7.50. The van der Waals surface area contributed by atoms with Gasteiger partial charge in [0.25, 0.3) is 0 Å². The van der Waals surface area contributed by atoms with E-state index in [4.69, 9.17) is 20.5 Å². The Balaban J connectivity index is 3.38. The molecule has 0 saturated heterocycles. The lowest BCUT2D eigenvalue weighted by molar-refractivity contribution is 0.355. The third-order valence-electron chi connectivity index (χ3n) is 1.67. The first-order valence-corrected chi connectivity index (χ1v) is 3.65. The highest BCUT2D eigenvalue weighted by atomic mass is 16.5. The van der Waals surface area contributed by atoms with Gasteiger partial charge in [0.15, 0.2) is 11.5 Å². The molecule has 0 spiro atoms. The molecule has 0 amide bonds. The van der Waals surface area contributed by atoms with Crippen LogP contribution in [-0.2, 0) is 0 Å². The van der Waals surface area contributed by atoms with E-state index in [1.807, 2.05) is 6.07 Å². The number of ether oxygens (including phenoxy) is 2. The summed E-state index contributed by atoms with van der Waals surface area (Å²) in [5.74, 6) is 0.784. The topological polar surface area (TPSA) is 68.3 Å². The summed E-state index contributed by atoms with van der Waals surface area (Å²) in [7, 11) is 2.95. The number of benzene rings is 1. The van der Waals surface area contributed by atoms with Crippen LogP contribution in [-0.4, -0.2) is 14.2 Å². The minimum atomic E-state index is 0.380. The molecule has 0 heterocycles. The molecule has 13 heavy (non-hydrogen) atoms. The van der Waals surface area contributed by atoms with Gasteiger partial charge in [0.05, 0.1) is 25.5 Å². The number of nitrogen functional groups attached to an aromatic ring is 1. The number of hydrogen-bond donors (Lipinski definition) is 1. The van der Waals surface area contributed by atoms with E-state index in [0.29, 0.717) is 22.7 Å². The zero-order valence-electron chi connectivity index (χ0n) is 7.50. The summed E-state index contributed by atoms with van der Waals surface area (Å²) in [6.45, 7) is 0. The van der Waals surface area contributed by atoms with Gasteiger partial charge in [-0.15, -0.1) is 0 Å². The minimum Gasteiger partial charge on any atom is -0.491 e.